The molecule has 2 rings (SSSR count). The number of halogens is 3. The van der Waals surface area contributed by atoms with Crippen LogP contribution < -0.4 is 9.16 Å². The van der Waals surface area contributed by atoms with Crippen LogP contribution in [0.2, 0.25) is 18.1 Å². The van der Waals surface area contributed by atoms with E-state index in [9.17, 15) is 21.6 Å². The highest BCUT2D eigenvalue weighted by Gasteiger charge is 2.49. The fourth-order valence-corrected chi connectivity index (χ4v) is 4.57. The summed E-state index contributed by atoms with van der Waals surface area (Å²) in [6, 6.07) is 1.88. The van der Waals surface area contributed by atoms with Crippen molar-refractivity contribution in [3.63, 3.8) is 0 Å². The van der Waals surface area contributed by atoms with Gasteiger partial charge in [0, 0.05) is 5.56 Å². The van der Waals surface area contributed by atoms with Crippen LogP contribution in [-0.4, -0.2) is 34.5 Å². The summed E-state index contributed by atoms with van der Waals surface area (Å²) in [5.41, 5.74) is -4.00. The lowest BCUT2D eigenvalue weighted by atomic mass is 9.89. The quantitative estimate of drug-likeness (QED) is 0.318. The molecule has 0 amide bonds. The Morgan fingerprint density at radius 3 is 2.27 bits per heavy atom. The predicted molar refractivity (Wildman–Crippen MR) is 112 cm³/mol. The average molecular weight is 469 g/mol. The molecule has 5 nitrogen and oxygen atoms in total. The Bertz CT molecular complexity index is 920. The maximum atomic E-state index is 12.6. The van der Waals surface area contributed by atoms with Gasteiger partial charge in [-0.1, -0.05) is 20.8 Å². The van der Waals surface area contributed by atoms with E-state index >= 15 is 0 Å². The molecule has 0 unspecified atom stereocenters. The number of hydrogen-bond donors (Lipinski definition) is 0. The van der Waals surface area contributed by atoms with Gasteiger partial charge in [0.25, 0.3) is 0 Å². The summed E-state index contributed by atoms with van der Waals surface area (Å²) >= 11 is 0. The second-order valence-corrected chi connectivity index (χ2v) is 16.0. The molecule has 0 fully saturated rings. The normalized spacial score (nSPS) is 20.5. The fourth-order valence-electron chi connectivity index (χ4n) is 2.96. The Morgan fingerprint density at radius 2 is 1.77 bits per heavy atom. The number of aryl methyl sites for hydroxylation is 1. The van der Waals surface area contributed by atoms with Gasteiger partial charge in [0.1, 0.15) is 23.7 Å². The first-order valence-corrected chi connectivity index (χ1v) is 14.1. The second kappa shape index (κ2) is 7.70. The summed E-state index contributed by atoms with van der Waals surface area (Å²) in [6.07, 6.45) is 0.833. The zero-order valence-electron chi connectivity index (χ0n) is 18.8. The molecular weight excluding hydrogens is 437 g/mol. The average Bonchev–Trinajstić information content (AvgIpc) is 2.56. The van der Waals surface area contributed by atoms with Gasteiger partial charge < -0.3 is 9.16 Å². The Labute approximate surface area is 178 Å². The Balaban J connectivity index is 2.30. The van der Waals surface area contributed by atoms with Crippen LogP contribution in [-0.2, 0) is 20.7 Å². The van der Waals surface area contributed by atoms with E-state index in [1.54, 1.807) is 6.92 Å². The van der Waals surface area contributed by atoms with E-state index in [1.165, 1.54) is 0 Å². The number of hydrogen-bond acceptors (Lipinski definition) is 5. The molecule has 1 heterocycles. The lowest BCUT2D eigenvalue weighted by Crippen LogP contribution is -2.44. The molecule has 172 valence electrons. The molecule has 10 heteroatoms. The highest BCUT2D eigenvalue weighted by Crippen LogP contribution is 2.44. The molecule has 1 aromatic carbocycles. The van der Waals surface area contributed by atoms with E-state index in [0.717, 1.165) is 22.4 Å². The van der Waals surface area contributed by atoms with E-state index in [2.05, 4.69) is 38.0 Å². The molecule has 0 aliphatic carbocycles. The van der Waals surface area contributed by atoms with E-state index in [0.29, 0.717) is 18.6 Å². The standard InChI is InChI=1S/C20H31F3O5SSi/c1-13-11-16(28-30(7,8)18(3,4)5)14(2)15-9-10-19(6,27-17(13)15)12-26-29(24,25)20(21,22)23/h11H,9-10,12H2,1-8H3/t19-/m0/s1. The maximum absolute atomic E-state index is 12.6. The van der Waals surface area contributed by atoms with Gasteiger partial charge in [-0.25, -0.2) is 0 Å². The van der Waals surface area contributed by atoms with Crippen LogP contribution in [0.3, 0.4) is 0 Å². The lowest BCUT2D eigenvalue weighted by Gasteiger charge is -2.39. The summed E-state index contributed by atoms with van der Waals surface area (Å²) in [5, 5.41) is 0.0274. The monoisotopic (exact) mass is 468 g/mol. The molecule has 0 saturated heterocycles. The number of fused-ring (bicyclic) bond motifs is 1. The van der Waals surface area contributed by atoms with Gasteiger partial charge in [0.2, 0.25) is 8.32 Å². The van der Waals surface area contributed by atoms with Gasteiger partial charge in [-0.3, -0.25) is 4.18 Å². The van der Waals surface area contributed by atoms with Crippen molar-refractivity contribution in [3.05, 3.63) is 22.8 Å². The molecular formula is C20H31F3O5SSi. The topological polar surface area (TPSA) is 61.8 Å². The molecule has 1 aromatic rings. The summed E-state index contributed by atoms with van der Waals surface area (Å²) in [7, 11) is -7.73. The van der Waals surface area contributed by atoms with Gasteiger partial charge in [-0.15, -0.1) is 0 Å². The number of rotatable bonds is 5. The summed E-state index contributed by atoms with van der Waals surface area (Å²) < 4.78 is 76.9. The molecule has 1 aliphatic rings. The Kier molecular flexibility index (Phi) is 6.42. The molecule has 30 heavy (non-hydrogen) atoms. The van der Waals surface area contributed by atoms with Crippen molar-refractivity contribution in [1.29, 1.82) is 0 Å². The van der Waals surface area contributed by atoms with Crippen molar-refractivity contribution in [2.75, 3.05) is 6.61 Å². The van der Waals surface area contributed by atoms with Crippen molar-refractivity contribution in [1.82, 2.24) is 0 Å². The van der Waals surface area contributed by atoms with Crippen LogP contribution >= 0.6 is 0 Å². The van der Waals surface area contributed by atoms with Gasteiger partial charge in [-0.2, -0.15) is 21.6 Å². The third-order valence-corrected chi connectivity index (χ3v) is 11.4. The highest BCUT2D eigenvalue weighted by molar-refractivity contribution is 7.87. The minimum absolute atomic E-state index is 0.0274. The largest absolute Gasteiger partial charge is 0.543 e. The van der Waals surface area contributed by atoms with E-state index < -0.39 is 36.2 Å². The van der Waals surface area contributed by atoms with Crippen LogP contribution in [0.4, 0.5) is 13.2 Å². The molecule has 0 N–H and O–H groups in total. The van der Waals surface area contributed by atoms with Crippen LogP contribution in [0, 0.1) is 13.8 Å². The van der Waals surface area contributed by atoms with E-state index in [1.807, 2.05) is 19.9 Å². The van der Waals surface area contributed by atoms with Crippen LogP contribution in [0.25, 0.3) is 0 Å². The number of benzene rings is 1. The summed E-state index contributed by atoms with van der Waals surface area (Å²) in [5.74, 6) is 1.35. The summed E-state index contributed by atoms with van der Waals surface area (Å²) in [4.78, 5) is 0. The van der Waals surface area contributed by atoms with Crippen molar-refractivity contribution < 1.29 is 34.9 Å². The molecule has 0 saturated carbocycles. The summed E-state index contributed by atoms with van der Waals surface area (Å²) in [6.45, 7) is 15.4. The van der Waals surface area contributed by atoms with Gasteiger partial charge in [0.15, 0.2) is 0 Å². The van der Waals surface area contributed by atoms with Crippen LogP contribution in [0.5, 0.6) is 11.5 Å². The minimum Gasteiger partial charge on any atom is -0.543 e. The second-order valence-electron chi connectivity index (χ2n) is 9.70. The van der Waals surface area contributed by atoms with Gasteiger partial charge >= 0.3 is 15.6 Å². The molecule has 1 aliphatic heterocycles. The Hall–Kier alpha value is -1.26. The number of alkyl halides is 3. The smallest absolute Gasteiger partial charge is 0.523 e. The number of ether oxygens (including phenoxy) is 1. The molecule has 0 aromatic heterocycles. The molecule has 0 radical (unpaired) electrons. The fraction of sp³-hybridized carbons (Fsp3) is 0.700. The first kappa shape index (κ1) is 25.0. The third-order valence-electron chi connectivity index (χ3n) is 6.03. The van der Waals surface area contributed by atoms with Crippen LogP contribution in [0.15, 0.2) is 6.07 Å². The van der Waals surface area contributed by atoms with Gasteiger partial charge in [0.05, 0.1) is 0 Å². The van der Waals surface area contributed by atoms with Crippen molar-refractivity contribution in [2.24, 2.45) is 0 Å². The molecule has 0 spiro atoms. The predicted octanol–water partition coefficient (Wildman–Crippen LogP) is 5.64. The zero-order valence-corrected chi connectivity index (χ0v) is 20.6. The lowest BCUT2D eigenvalue weighted by molar-refractivity contribution is -0.0606. The maximum Gasteiger partial charge on any atom is 0.523 e. The molecule has 0 bridgehead atoms. The van der Waals surface area contributed by atoms with Gasteiger partial charge in [-0.05, 0) is 68.9 Å². The van der Waals surface area contributed by atoms with Crippen molar-refractivity contribution in [2.45, 2.75) is 83.6 Å². The SMILES string of the molecule is Cc1cc(O[Si](C)(C)C(C)(C)C)c(C)c2c1O[C@](C)(COS(=O)(=O)C(F)(F)F)CC2. The highest BCUT2D eigenvalue weighted by atomic mass is 32.2. The molecule has 1 atom stereocenters. The zero-order chi connectivity index (χ0) is 23.3. The minimum atomic E-state index is -5.67. The van der Waals surface area contributed by atoms with E-state index in [-0.39, 0.29) is 5.04 Å². The Morgan fingerprint density at radius 1 is 1.20 bits per heavy atom. The van der Waals surface area contributed by atoms with E-state index in [4.69, 9.17) is 9.16 Å². The van der Waals surface area contributed by atoms with Crippen molar-refractivity contribution >= 4 is 18.4 Å². The van der Waals surface area contributed by atoms with Crippen molar-refractivity contribution in [3.8, 4) is 11.5 Å². The first-order chi connectivity index (χ1) is 13.3. The first-order valence-electron chi connectivity index (χ1n) is 9.76. The third kappa shape index (κ3) is 4.96. The van der Waals surface area contributed by atoms with Crippen LogP contribution in [0.1, 0.15) is 50.8 Å².